The number of para-hydroxylation sites is 3. The zero-order valence-corrected chi connectivity index (χ0v) is 27.1. The van der Waals surface area contributed by atoms with E-state index in [1.807, 2.05) is 46.8 Å². The van der Waals surface area contributed by atoms with Crippen molar-refractivity contribution in [2.45, 2.75) is 65.7 Å². The van der Waals surface area contributed by atoms with E-state index in [0.29, 0.717) is 11.8 Å². The molecule has 0 unspecified atom stereocenters. The number of aryl methyl sites for hydroxylation is 1. The second kappa shape index (κ2) is 11.5. The van der Waals surface area contributed by atoms with Crippen LogP contribution in [-0.4, -0.2) is 14.1 Å². The Morgan fingerprint density at radius 1 is 0.795 bits per heavy atom. The maximum Gasteiger partial charge on any atom is 0.243 e. The molecule has 0 aliphatic rings. The van der Waals surface area contributed by atoms with E-state index in [0.717, 1.165) is 39.6 Å². The lowest BCUT2D eigenvalue weighted by Gasteiger charge is -2.24. The molecular weight excluding hydrogens is 540 g/mol. The zero-order valence-electron chi connectivity index (χ0n) is 27.1. The zero-order chi connectivity index (χ0) is 31.2. The van der Waals surface area contributed by atoms with Gasteiger partial charge in [-0.3, -0.25) is 4.57 Å². The molecule has 0 aliphatic heterocycles. The summed E-state index contributed by atoms with van der Waals surface area (Å²) in [7, 11) is 1.97. The standard InChI is InChI=1S/C39H42N4O/c1-26(2)33-15-12-16-34(27(3)4)37(33)43-36-18-10-9-17-35(36)40-38(43)28-21-29(39(5,6)7)23-32(22-28)44-31-14-11-13-30(24-31)42-20-19-41(8)25-42/h9-24,26-27H,1-8H3. The van der Waals surface area contributed by atoms with Gasteiger partial charge in [-0.15, -0.1) is 0 Å². The summed E-state index contributed by atoms with van der Waals surface area (Å²) >= 11 is 0. The minimum atomic E-state index is -0.0966. The van der Waals surface area contributed by atoms with E-state index >= 15 is 0 Å². The fourth-order valence-electron chi connectivity index (χ4n) is 5.82. The highest BCUT2D eigenvalue weighted by Gasteiger charge is 2.24. The Kier molecular flexibility index (Phi) is 7.66. The number of hydrogen-bond donors (Lipinski definition) is 0. The molecule has 224 valence electrons. The molecule has 0 spiro atoms. The quantitative estimate of drug-likeness (QED) is 0.139. The van der Waals surface area contributed by atoms with Gasteiger partial charge in [-0.2, -0.15) is 0 Å². The molecule has 0 radical (unpaired) electrons. The van der Waals surface area contributed by atoms with Crippen molar-refractivity contribution in [3.05, 3.63) is 120 Å². The minimum Gasteiger partial charge on any atom is -0.458 e. The molecule has 5 nitrogen and oxygen atoms in total. The number of fused-ring (bicyclic) bond motifs is 1. The third kappa shape index (κ3) is 5.67. The summed E-state index contributed by atoms with van der Waals surface area (Å²) in [5.74, 6) is 3.17. The molecule has 44 heavy (non-hydrogen) atoms. The van der Waals surface area contributed by atoms with E-state index in [-0.39, 0.29) is 5.41 Å². The van der Waals surface area contributed by atoms with Gasteiger partial charge < -0.3 is 13.9 Å². The summed E-state index contributed by atoms with van der Waals surface area (Å²) in [4.78, 5) is 5.29. The van der Waals surface area contributed by atoms with E-state index < -0.39 is 0 Å². The fraction of sp³-hybridized carbons (Fsp3) is 0.282. The van der Waals surface area contributed by atoms with Crippen molar-refractivity contribution in [3.8, 4) is 34.3 Å². The Morgan fingerprint density at radius 3 is 2.16 bits per heavy atom. The molecule has 6 rings (SSSR count). The number of benzene rings is 4. The highest BCUT2D eigenvalue weighted by Crippen LogP contribution is 2.40. The number of rotatable bonds is 7. The molecule has 2 aromatic heterocycles. The van der Waals surface area contributed by atoms with Crippen molar-refractivity contribution in [2.75, 3.05) is 0 Å². The van der Waals surface area contributed by atoms with Gasteiger partial charge in [0.25, 0.3) is 0 Å². The molecule has 0 saturated carbocycles. The maximum atomic E-state index is 6.62. The van der Waals surface area contributed by atoms with Crippen LogP contribution in [0.5, 0.6) is 11.5 Å². The Labute approximate surface area is 261 Å². The van der Waals surface area contributed by atoms with E-state index in [2.05, 4.69) is 126 Å². The largest absolute Gasteiger partial charge is 0.458 e. The average molecular weight is 583 g/mol. The molecule has 0 bridgehead atoms. The first-order chi connectivity index (χ1) is 21.0. The van der Waals surface area contributed by atoms with Crippen molar-refractivity contribution in [1.82, 2.24) is 14.1 Å². The fourth-order valence-corrected chi connectivity index (χ4v) is 5.82. The molecule has 0 amide bonds. The summed E-state index contributed by atoms with van der Waals surface area (Å²) in [6.45, 7) is 15.8. The lowest BCUT2D eigenvalue weighted by atomic mass is 9.86. The highest BCUT2D eigenvalue weighted by molar-refractivity contribution is 5.84. The van der Waals surface area contributed by atoms with Gasteiger partial charge in [-0.1, -0.05) is 90.9 Å². The molecular formula is C39H42N4O. The Morgan fingerprint density at radius 2 is 1.50 bits per heavy atom. The first-order valence-corrected chi connectivity index (χ1v) is 15.5. The lowest BCUT2D eigenvalue weighted by molar-refractivity contribution is -0.599. The van der Waals surface area contributed by atoms with Crippen LogP contribution in [-0.2, 0) is 12.5 Å². The van der Waals surface area contributed by atoms with Crippen LogP contribution in [0.1, 0.15) is 77.0 Å². The molecule has 0 aliphatic carbocycles. The van der Waals surface area contributed by atoms with Gasteiger partial charge >= 0.3 is 0 Å². The van der Waals surface area contributed by atoms with Crippen molar-refractivity contribution >= 4 is 11.0 Å². The molecule has 2 heterocycles. The van der Waals surface area contributed by atoms with E-state index in [1.165, 1.54) is 22.4 Å². The number of hydrogen-bond acceptors (Lipinski definition) is 2. The van der Waals surface area contributed by atoms with Crippen LogP contribution < -0.4 is 9.30 Å². The summed E-state index contributed by atoms with van der Waals surface area (Å²) in [6, 6.07) is 29.9. The monoisotopic (exact) mass is 582 g/mol. The minimum absolute atomic E-state index is 0.0966. The highest BCUT2D eigenvalue weighted by atomic mass is 16.5. The van der Waals surface area contributed by atoms with Crippen molar-refractivity contribution < 1.29 is 9.30 Å². The van der Waals surface area contributed by atoms with Crippen LogP contribution in [0.15, 0.2) is 97.3 Å². The van der Waals surface area contributed by atoms with Crippen LogP contribution in [0.3, 0.4) is 0 Å². The van der Waals surface area contributed by atoms with Crippen LogP contribution >= 0.6 is 0 Å². The number of ether oxygens (including phenoxy) is 1. The van der Waals surface area contributed by atoms with E-state index in [1.54, 1.807) is 0 Å². The van der Waals surface area contributed by atoms with Crippen LogP contribution in [0.4, 0.5) is 0 Å². The number of imidazole rings is 2. The Hall–Kier alpha value is -4.64. The maximum absolute atomic E-state index is 6.62. The van der Waals surface area contributed by atoms with Crippen LogP contribution in [0.2, 0.25) is 0 Å². The molecule has 6 aromatic rings. The topological polar surface area (TPSA) is 35.9 Å². The second-order valence-electron chi connectivity index (χ2n) is 13.3. The normalized spacial score (nSPS) is 12.0. The molecule has 5 heteroatoms. The van der Waals surface area contributed by atoms with Gasteiger partial charge in [0.1, 0.15) is 17.3 Å². The van der Waals surface area contributed by atoms with Crippen molar-refractivity contribution in [3.63, 3.8) is 0 Å². The van der Waals surface area contributed by atoms with Crippen LogP contribution in [0, 0.1) is 6.33 Å². The molecule has 0 N–H and O–H groups in total. The van der Waals surface area contributed by atoms with Crippen molar-refractivity contribution in [2.24, 2.45) is 7.05 Å². The second-order valence-corrected chi connectivity index (χ2v) is 13.3. The van der Waals surface area contributed by atoms with E-state index in [4.69, 9.17) is 9.72 Å². The number of nitrogens with zero attached hydrogens (tertiary/aromatic N) is 4. The first-order valence-electron chi connectivity index (χ1n) is 15.5. The van der Waals surface area contributed by atoms with Crippen LogP contribution in [0.25, 0.3) is 33.8 Å². The molecule has 4 aromatic carbocycles. The summed E-state index contributed by atoms with van der Waals surface area (Å²) in [6.07, 6.45) is 7.23. The summed E-state index contributed by atoms with van der Waals surface area (Å²) in [5, 5.41) is 0. The molecule has 0 fully saturated rings. The van der Waals surface area contributed by atoms with Gasteiger partial charge in [0.2, 0.25) is 6.33 Å². The Bertz CT molecular complexity index is 1920. The van der Waals surface area contributed by atoms with Gasteiger partial charge in [0, 0.05) is 18.0 Å². The summed E-state index contributed by atoms with van der Waals surface area (Å²) < 4.78 is 12.9. The predicted octanol–water partition coefficient (Wildman–Crippen LogP) is 9.44. The first kappa shape index (κ1) is 29.4. The SMILES string of the molecule is CC(C)c1cccc(C(C)C)c1-n1c(-c2cc(Oc3cccc(-[n+]4[c-]n(C)cc4)c3)cc(C(C)(C)C)c2)nc2ccccc21. The summed E-state index contributed by atoms with van der Waals surface area (Å²) in [5.41, 5.74) is 9.05. The van der Waals surface area contributed by atoms with Gasteiger partial charge in [0.15, 0.2) is 0 Å². The number of aromatic nitrogens is 4. The van der Waals surface area contributed by atoms with Gasteiger partial charge in [0.05, 0.1) is 29.5 Å². The third-order valence-electron chi connectivity index (χ3n) is 8.19. The average Bonchev–Trinajstić information content (AvgIpc) is 3.60. The van der Waals surface area contributed by atoms with E-state index in [9.17, 15) is 0 Å². The van der Waals surface area contributed by atoms with Gasteiger partial charge in [-0.25, -0.2) is 4.98 Å². The molecule has 0 saturated heterocycles. The van der Waals surface area contributed by atoms with Gasteiger partial charge in [-0.05, 0) is 76.4 Å². The lowest BCUT2D eigenvalue weighted by Crippen LogP contribution is -2.27. The predicted molar refractivity (Wildman–Crippen MR) is 179 cm³/mol. The Balaban J connectivity index is 1.56. The smallest absolute Gasteiger partial charge is 0.243 e. The molecule has 0 atom stereocenters. The van der Waals surface area contributed by atoms with Crippen molar-refractivity contribution in [1.29, 1.82) is 0 Å². The third-order valence-corrected chi connectivity index (χ3v) is 8.19.